The van der Waals surface area contributed by atoms with Gasteiger partial charge in [0.25, 0.3) is 0 Å². The summed E-state index contributed by atoms with van der Waals surface area (Å²) in [4.78, 5) is 9.68. The Hall–Kier alpha value is -3.13. The van der Waals surface area contributed by atoms with Gasteiger partial charge < -0.3 is 14.7 Å². The number of piperazine rings is 1. The van der Waals surface area contributed by atoms with Crippen molar-refractivity contribution in [2.75, 3.05) is 39.3 Å². The van der Waals surface area contributed by atoms with Gasteiger partial charge in [-0.2, -0.15) is 5.10 Å². The third-order valence-electron chi connectivity index (χ3n) is 5.77. The monoisotopic (exact) mass is 435 g/mol. The molecule has 1 aliphatic rings. The fourth-order valence-corrected chi connectivity index (χ4v) is 4.00. The second-order valence-corrected chi connectivity index (χ2v) is 8.11. The van der Waals surface area contributed by atoms with E-state index in [2.05, 4.69) is 57.5 Å². The zero-order valence-corrected chi connectivity index (χ0v) is 19.1. The summed E-state index contributed by atoms with van der Waals surface area (Å²) in [6.45, 7) is 10.6. The molecular formula is C24H33N7O. The number of aryl methyl sites for hydroxylation is 2. The molecule has 0 bridgehead atoms. The number of hydrogen-bond acceptors (Lipinski definition) is 5. The summed E-state index contributed by atoms with van der Waals surface area (Å²) in [7, 11) is 0. The van der Waals surface area contributed by atoms with Crippen LogP contribution in [0.15, 0.2) is 58.4 Å². The van der Waals surface area contributed by atoms with Crippen molar-refractivity contribution < 1.29 is 4.52 Å². The number of aromatic nitrogens is 3. The first-order valence-electron chi connectivity index (χ1n) is 11.5. The quantitative estimate of drug-likeness (QED) is 0.333. The molecule has 1 aromatic carbocycles. The van der Waals surface area contributed by atoms with Crippen LogP contribution in [-0.2, 0) is 13.0 Å². The standard InChI is InChI=1S/C24H33N7O/c1-3-25-24(30-15-13-29(14-16-30)19-22-11-17-32-28-22)26-12-7-8-21-18-31(27-20(21)2)23-9-5-4-6-10-23/h4-6,9-11,17-18H,3,7-8,12-16,19H2,1-2H3,(H,25,26). The molecule has 0 saturated carbocycles. The van der Waals surface area contributed by atoms with Gasteiger partial charge in [-0.3, -0.25) is 9.89 Å². The van der Waals surface area contributed by atoms with Crippen molar-refractivity contribution in [1.82, 2.24) is 30.1 Å². The van der Waals surface area contributed by atoms with Crippen LogP contribution < -0.4 is 5.32 Å². The summed E-state index contributed by atoms with van der Waals surface area (Å²) in [6.07, 6.45) is 5.76. The molecule has 0 aliphatic carbocycles. The van der Waals surface area contributed by atoms with Crippen LogP contribution in [-0.4, -0.2) is 70.0 Å². The number of nitrogens with one attached hydrogen (secondary N) is 1. The van der Waals surface area contributed by atoms with Crippen LogP contribution in [0.5, 0.6) is 0 Å². The van der Waals surface area contributed by atoms with Gasteiger partial charge in [0.15, 0.2) is 5.96 Å². The van der Waals surface area contributed by atoms with E-state index in [1.54, 1.807) is 6.26 Å². The zero-order valence-electron chi connectivity index (χ0n) is 19.1. The fraction of sp³-hybridized carbons (Fsp3) is 0.458. The van der Waals surface area contributed by atoms with E-state index in [-0.39, 0.29) is 0 Å². The molecule has 1 N–H and O–H groups in total. The first kappa shape index (κ1) is 22.1. The van der Waals surface area contributed by atoms with E-state index >= 15 is 0 Å². The summed E-state index contributed by atoms with van der Waals surface area (Å²) >= 11 is 0. The second kappa shape index (κ2) is 10.9. The van der Waals surface area contributed by atoms with E-state index in [0.29, 0.717) is 0 Å². The molecule has 4 rings (SSSR count). The number of nitrogens with zero attached hydrogens (tertiary/aromatic N) is 6. The molecule has 3 heterocycles. The van der Waals surface area contributed by atoms with Gasteiger partial charge in [0.2, 0.25) is 0 Å². The van der Waals surface area contributed by atoms with Gasteiger partial charge in [0.05, 0.1) is 17.1 Å². The normalized spacial score (nSPS) is 15.3. The lowest BCUT2D eigenvalue weighted by Crippen LogP contribution is -2.52. The molecule has 3 aromatic rings. The number of hydrogen-bond donors (Lipinski definition) is 1. The largest absolute Gasteiger partial charge is 0.364 e. The lowest BCUT2D eigenvalue weighted by molar-refractivity contribution is 0.169. The summed E-state index contributed by atoms with van der Waals surface area (Å²) in [5, 5.41) is 12.2. The summed E-state index contributed by atoms with van der Waals surface area (Å²) in [5.41, 5.74) is 4.46. The van der Waals surface area contributed by atoms with Crippen LogP contribution in [0.3, 0.4) is 0 Å². The molecule has 8 nitrogen and oxygen atoms in total. The summed E-state index contributed by atoms with van der Waals surface area (Å²) in [5.74, 6) is 1.02. The number of rotatable bonds is 8. The zero-order chi connectivity index (χ0) is 22.2. The Labute approximate surface area is 189 Å². The Morgan fingerprint density at radius 2 is 1.94 bits per heavy atom. The Kier molecular flexibility index (Phi) is 7.55. The number of aliphatic imine (C=N–C) groups is 1. The van der Waals surface area contributed by atoms with Crippen molar-refractivity contribution in [3.05, 3.63) is 65.8 Å². The van der Waals surface area contributed by atoms with Crippen LogP contribution in [0, 0.1) is 6.92 Å². The molecule has 170 valence electrons. The molecule has 1 saturated heterocycles. The topological polar surface area (TPSA) is 74.7 Å². The highest BCUT2D eigenvalue weighted by Gasteiger charge is 2.20. The van der Waals surface area contributed by atoms with Crippen molar-refractivity contribution in [3.63, 3.8) is 0 Å². The van der Waals surface area contributed by atoms with Gasteiger partial charge in [-0.05, 0) is 44.4 Å². The molecule has 0 amide bonds. The smallest absolute Gasteiger partial charge is 0.194 e. The summed E-state index contributed by atoms with van der Waals surface area (Å²) < 4.78 is 6.91. The molecule has 1 fully saturated rings. The van der Waals surface area contributed by atoms with Gasteiger partial charge in [-0.25, -0.2) is 4.68 Å². The van der Waals surface area contributed by atoms with Gasteiger partial charge in [0, 0.05) is 58.1 Å². The van der Waals surface area contributed by atoms with Crippen LogP contribution >= 0.6 is 0 Å². The Morgan fingerprint density at radius 3 is 2.66 bits per heavy atom. The molecule has 1 aliphatic heterocycles. The molecular weight excluding hydrogens is 402 g/mol. The molecule has 32 heavy (non-hydrogen) atoms. The predicted octanol–water partition coefficient (Wildman–Crippen LogP) is 2.88. The third-order valence-corrected chi connectivity index (χ3v) is 5.77. The lowest BCUT2D eigenvalue weighted by atomic mass is 10.1. The van der Waals surface area contributed by atoms with Gasteiger partial charge >= 0.3 is 0 Å². The van der Waals surface area contributed by atoms with Crippen LogP contribution in [0.2, 0.25) is 0 Å². The first-order valence-corrected chi connectivity index (χ1v) is 11.5. The molecule has 2 aromatic heterocycles. The minimum absolute atomic E-state index is 0.803. The van der Waals surface area contributed by atoms with Crippen molar-refractivity contribution in [2.24, 2.45) is 4.99 Å². The highest BCUT2D eigenvalue weighted by atomic mass is 16.5. The van der Waals surface area contributed by atoms with Crippen molar-refractivity contribution in [1.29, 1.82) is 0 Å². The molecule has 0 atom stereocenters. The van der Waals surface area contributed by atoms with Crippen LogP contribution in [0.25, 0.3) is 5.69 Å². The second-order valence-electron chi connectivity index (χ2n) is 8.11. The lowest BCUT2D eigenvalue weighted by Gasteiger charge is -2.36. The first-order chi connectivity index (χ1) is 15.7. The Morgan fingerprint density at radius 1 is 1.12 bits per heavy atom. The third kappa shape index (κ3) is 5.76. The van der Waals surface area contributed by atoms with Gasteiger partial charge in [0.1, 0.15) is 6.26 Å². The number of para-hydroxylation sites is 1. The van der Waals surface area contributed by atoms with E-state index in [1.165, 1.54) is 5.56 Å². The highest BCUT2D eigenvalue weighted by molar-refractivity contribution is 5.80. The maximum atomic E-state index is 4.94. The van der Waals surface area contributed by atoms with E-state index in [9.17, 15) is 0 Å². The van der Waals surface area contributed by atoms with Crippen LogP contribution in [0.4, 0.5) is 0 Å². The minimum atomic E-state index is 0.803. The van der Waals surface area contributed by atoms with Crippen molar-refractivity contribution >= 4 is 5.96 Å². The number of benzene rings is 1. The summed E-state index contributed by atoms with van der Waals surface area (Å²) in [6, 6.07) is 12.2. The maximum Gasteiger partial charge on any atom is 0.194 e. The molecule has 0 unspecified atom stereocenters. The van der Waals surface area contributed by atoms with E-state index in [4.69, 9.17) is 9.52 Å². The minimum Gasteiger partial charge on any atom is -0.364 e. The van der Waals surface area contributed by atoms with Gasteiger partial charge in [-0.15, -0.1) is 0 Å². The molecule has 0 radical (unpaired) electrons. The van der Waals surface area contributed by atoms with E-state index < -0.39 is 0 Å². The average molecular weight is 436 g/mol. The molecule has 8 heteroatoms. The fourth-order valence-electron chi connectivity index (χ4n) is 4.00. The maximum absolute atomic E-state index is 4.94. The molecule has 0 spiro atoms. The Bertz CT molecular complexity index is 973. The van der Waals surface area contributed by atoms with E-state index in [0.717, 1.165) is 81.7 Å². The van der Waals surface area contributed by atoms with E-state index in [1.807, 2.05) is 28.9 Å². The van der Waals surface area contributed by atoms with Crippen LogP contribution in [0.1, 0.15) is 30.3 Å². The average Bonchev–Trinajstić information content (AvgIpc) is 3.47. The Balaban J connectivity index is 1.27. The highest BCUT2D eigenvalue weighted by Crippen LogP contribution is 2.14. The SMILES string of the molecule is CCNC(=NCCCc1cn(-c2ccccc2)nc1C)N1CCN(Cc2ccon2)CC1. The number of guanidine groups is 1. The van der Waals surface area contributed by atoms with Gasteiger partial charge in [-0.1, -0.05) is 23.4 Å². The predicted molar refractivity (Wildman–Crippen MR) is 126 cm³/mol. The van der Waals surface area contributed by atoms with Crippen molar-refractivity contribution in [3.8, 4) is 5.69 Å². The van der Waals surface area contributed by atoms with Crippen molar-refractivity contribution in [2.45, 2.75) is 33.2 Å².